The lowest BCUT2D eigenvalue weighted by molar-refractivity contribution is -0.122. The van der Waals surface area contributed by atoms with Gasteiger partial charge in [-0.05, 0) is 0 Å². The SMILES string of the molecule is COCC(=O)Cc1cc(=O)cc[nH]1. The van der Waals surface area contributed by atoms with Crippen LogP contribution < -0.4 is 5.43 Å². The number of ether oxygens (including phenoxy) is 1. The first-order chi connectivity index (χ1) is 6.22. The molecular formula is C9H11NO3. The monoisotopic (exact) mass is 181 g/mol. The Balaban J connectivity index is 2.64. The molecular weight excluding hydrogens is 170 g/mol. The Hall–Kier alpha value is -1.42. The Labute approximate surface area is 75.5 Å². The molecule has 0 aliphatic rings. The number of hydrogen-bond acceptors (Lipinski definition) is 3. The number of carbonyl (C=O) groups excluding carboxylic acids is 1. The van der Waals surface area contributed by atoms with Gasteiger partial charge in [0.15, 0.2) is 11.2 Å². The third-order valence-electron chi connectivity index (χ3n) is 1.53. The maximum atomic E-state index is 11.1. The quantitative estimate of drug-likeness (QED) is 0.718. The summed E-state index contributed by atoms with van der Waals surface area (Å²) in [4.78, 5) is 24.8. The number of rotatable bonds is 4. The van der Waals surface area contributed by atoms with E-state index in [0.29, 0.717) is 5.69 Å². The van der Waals surface area contributed by atoms with Crippen molar-refractivity contribution in [2.45, 2.75) is 6.42 Å². The van der Waals surface area contributed by atoms with Crippen molar-refractivity contribution in [3.8, 4) is 0 Å². The van der Waals surface area contributed by atoms with Crippen LogP contribution in [0.2, 0.25) is 0 Å². The molecule has 0 radical (unpaired) electrons. The second-order valence-corrected chi connectivity index (χ2v) is 2.70. The highest BCUT2D eigenvalue weighted by atomic mass is 16.5. The average molecular weight is 181 g/mol. The standard InChI is InChI=1S/C9H11NO3/c1-13-6-9(12)5-7-4-8(11)2-3-10-7/h2-4H,5-6H2,1H3,(H,10,11). The molecule has 0 aliphatic heterocycles. The van der Waals surface area contributed by atoms with Crippen molar-refractivity contribution >= 4 is 5.78 Å². The van der Waals surface area contributed by atoms with Gasteiger partial charge in [-0.15, -0.1) is 0 Å². The van der Waals surface area contributed by atoms with Crippen molar-refractivity contribution in [2.24, 2.45) is 0 Å². The van der Waals surface area contributed by atoms with Crippen molar-refractivity contribution in [1.29, 1.82) is 0 Å². The van der Waals surface area contributed by atoms with Gasteiger partial charge in [-0.25, -0.2) is 0 Å². The van der Waals surface area contributed by atoms with Gasteiger partial charge in [0, 0.05) is 37.6 Å². The number of Topliss-reactive ketones (excluding diaryl/α,β-unsaturated/α-hetero) is 1. The summed E-state index contributed by atoms with van der Waals surface area (Å²) in [5, 5.41) is 0. The van der Waals surface area contributed by atoms with E-state index < -0.39 is 0 Å². The number of aromatic amines is 1. The van der Waals surface area contributed by atoms with Crippen molar-refractivity contribution < 1.29 is 9.53 Å². The maximum Gasteiger partial charge on any atom is 0.181 e. The number of H-pyrrole nitrogens is 1. The van der Waals surface area contributed by atoms with Crippen molar-refractivity contribution in [3.05, 3.63) is 34.2 Å². The highest BCUT2D eigenvalue weighted by Crippen LogP contribution is 1.92. The van der Waals surface area contributed by atoms with Crippen LogP contribution in [0.1, 0.15) is 5.69 Å². The highest BCUT2D eigenvalue weighted by molar-refractivity contribution is 5.81. The molecule has 1 aromatic rings. The predicted molar refractivity (Wildman–Crippen MR) is 47.6 cm³/mol. The van der Waals surface area contributed by atoms with Crippen molar-refractivity contribution in [1.82, 2.24) is 4.98 Å². The van der Waals surface area contributed by atoms with Crippen LogP contribution >= 0.6 is 0 Å². The summed E-state index contributed by atoms with van der Waals surface area (Å²) in [6.07, 6.45) is 1.74. The molecule has 4 nitrogen and oxygen atoms in total. The molecule has 1 heterocycles. The summed E-state index contributed by atoms with van der Waals surface area (Å²) >= 11 is 0. The molecule has 1 N–H and O–H groups in total. The Morgan fingerprint density at radius 2 is 2.38 bits per heavy atom. The molecule has 13 heavy (non-hydrogen) atoms. The lowest BCUT2D eigenvalue weighted by atomic mass is 10.2. The first kappa shape index (κ1) is 9.67. The second-order valence-electron chi connectivity index (χ2n) is 2.70. The molecule has 0 saturated heterocycles. The zero-order valence-electron chi connectivity index (χ0n) is 7.37. The van der Waals surface area contributed by atoms with Gasteiger partial charge in [0.05, 0.1) is 0 Å². The van der Waals surface area contributed by atoms with Crippen LogP contribution in [-0.2, 0) is 16.0 Å². The number of nitrogens with one attached hydrogen (secondary N) is 1. The van der Waals surface area contributed by atoms with Gasteiger partial charge in [0.1, 0.15) is 6.61 Å². The second kappa shape index (κ2) is 4.57. The zero-order chi connectivity index (χ0) is 9.68. The molecule has 0 unspecified atom stereocenters. The summed E-state index contributed by atoms with van der Waals surface area (Å²) in [7, 11) is 1.46. The smallest absolute Gasteiger partial charge is 0.181 e. The summed E-state index contributed by atoms with van der Waals surface area (Å²) in [5.74, 6) is -0.0515. The largest absolute Gasteiger partial charge is 0.377 e. The summed E-state index contributed by atoms with van der Waals surface area (Å²) < 4.78 is 4.66. The topological polar surface area (TPSA) is 59.2 Å². The third-order valence-corrected chi connectivity index (χ3v) is 1.53. The van der Waals surface area contributed by atoms with Gasteiger partial charge in [0.2, 0.25) is 0 Å². The highest BCUT2D eigenvalue weighted by Gasteiger charge is 2.02. The first-order valence-corrected chi connectivity index (χ1v) is 3.90. The molecule has 0 atom stereocenters. The van der Waals surface area contributed by atoms with Crippen molar-refractivity contribution in [3.63, 3.8) is 0 Å². The Morgan fingerprint density at radius 3 is 3.00 bits per heavy atom. The summed E-state index contributed by atoms with van der Waals surface area (Å²) in [5.41, 5.74) is 0.522. The van der Waals surface area contributed by atoms with E-state index in [4.69, 9.17) is 0 Å². The van der Waals surface area contributed by atoms with Crippen LogP contribution in [0.3, 0.4) is 0 Å². The molecule has 4 heteroatoms. The fraction of sp³-hybridized carbons (Fsp3) is 0.333. The van der Waals surface area contributed by atoms with E-state index in [-0.39, 0.29) is 24.2 Å². The van der Waals surface area contributed by atoms with Gasteiger partial charge in [-0.1, -0.05) is 0 Å². The molecule has 0 saturated carbocycles. The molecule has 0 spiro atoms. The minimum absolute atomic E-state index is 0.0515. The predicted octanol–water partition coefficient (Wildman–Crippen LogP) is 0.133. The number of hydrogen-bond donors (Lipinski definition) is 1. The van der Waals surface area contributed by atoms with Crippen LogP contribution in [0.4, 0.5) is 0 Å². The normalized spacial score (nSPS) is 9.92. The zero-order valence-corrected chi connectivity index (χ0v) is 7.37. The molecule has 0 bridgehead atoms. The third kappa shape index (κ3) is 3.21. The minimum atomic E-state index is -0.0982. The number of carbonyl (C=O) groups is 1. The average Bonchev–Trinajstić information content (AvgIpc) is 2.04. The molecule has 0 fully saturated rings. The molecule has 0 amide bonds. The number of ketones is 1. The van der Waals surface area contributed by atoms with Crippen LogP contribution in [0.15, 0.2) is 23.1 Å². The van der Waals surface area contributed by atoms with Crippen LogP contribution in [0, 0.1) is 0 Å². The minimum Gasteiger partial charge on any atom is -0.377 e. The van der Waals surface area contributed by atoms with E-state index in [2.05, 4.69) is 9.72 Å². The molecule has 1 aromatic heterocycles. The lowest BCUT2D eigenvalue weighted by Crippen LogP contribution is -2.12. The Bertz CT molecular complexity index is 343. The van der Waals surface area contributed by atoms with Crippen LogP contribution in [0.25, 0.3) is 0 Å². The Morgan fingerprint density at radius 1 is 1.62 bits per heavy atom. The number of methoxy groups -OCH3 is 1. The van der Waals surface area contributed by atoms with Gasteiger partial charge in [-0.2, -0.15) is 0 Å². The van der Waals surface area contributed by atoms with Crippen LogP contribution in [-0.4, -0.2) is 24.5 Å². The Kier molecular flexibility index (Phi) is 3.40. The van der Waals surface area contributed by atoms with Crippen molar-refractivity contribution in [2.75, 3.05) is 13.7 Å². The number of pyridine rings is 1. The molecule has 0 aliphatic carbocycles. The van der Waals surface area contributed by atoms with Gasteiger partial charge < -0.3 is 9.72 Å². The maximum absolute atomic E-state index is 11.1. The van der Waals surface area contributed by atoms with E-state index in [9.17, 15) is 9.59 Å². The van der Waals surface area contributed by atoms with Gasteiger partial charge >= 0.3 is 0 Å². The fourth-order valence-corrected chi connectivity index (χ4v) is 1.02. The summed E-state index contributed by atoms with van der Waals surface area (Å²) in [6, 6.07) is 2.82. The van der Waals surface area contributed by atoms with E-state index in [0.717, 1.165) is 0 Å². The number of aromatic nitrogens is 1. The van der Waals surface area contributed by atoms with E-state index >= 15 is 0 Å². The molecule has 70 valence electrons. The van der Waals surface area contributed by atoms with Crippen LogP contribution in [0.5, 0.6) is 0 Å². The van der Waals surface area contributed by atoms with E-state index in [1.165, 1.54) is 25.4 Å². The lowest BCUT2D eigenvalue weighted by Gasteiger charge is -1.98. The van der Waals surface area contributed by atoms with Gasteiger partial charge in [-0.3, -0.25) is 9.59 Å². The van der Waals surface area contributed by atoms with E-state index in [1.54, 1.807) is 0 Å². The van der Waals surface area contributed by atoms with E-state index in [1.807, 2.05) is 0 Å². The van der Waals surface area contributed by atoms with Gasteiger partial charge in [0.25, 0.3) is 0 Å². The summed E-state index contributed by atoms with van der Waals surface area (Å²) in [6.45, 7) is 0.0803. The molecule has 1 rings (SSSR count). The molecule has 0 aromatic carbocycles. The first-order valence-electron chi connectivity index (χ1n) is 3.90. The fourth-order valence-electron chi connectivity index (χ4n) is 1.02.